The van der Waals surface area contributed by atoms with Crippen molar-refractivity contribution in [2.45, 2.75) is 12.6 Å². The van der Waals surface area contributed by atoms with Gasteiger partial charge in [0.25, 0.3) is 5.91 Å². The van der Waals surface area contributed by atoms with Gasteiger partial charge in [-0.2, -0.15) is 0 Å². The second-order valence-corrected chi connectivity index (χ2v) is 6.22. The van der Waals surface area contributed by atoms with Gasteiger partial charge in [0, 0.05) is 25.5 Å². The van der Waals surface area contributed by atoms with Crippen molar-refractivity contribution >= 4 is 11.7 Å². The van der Waals surface area contributed by atoms with E-state index in [1.165, 1.54) is 6.33 Å². The van der Waals surface area contributed by atoms with Gasteiger partial charge in [0.05, 0.1) is 12.2 Å². The Balaban J connectivity index is 1.59. The minimum atomic E-state index is -0.432. The lowest BCUT2D eigenvalue weighted by Crippen LogP contribution is -2.56. The van der Waals surface area contributed by atoms with Gasteiger partial charge < -0.3 is 0 Å². The maximum Gasteiger partial charge on any atom is 0.251 e. The van der Waals surface area contributed by atoms with Crippen molar-refractivity contribution < 1.29 is 4.79 Å². The van der Waals surface area contributed by atoms with Crippen molar-refractivity contribution in [3.05, 3.63) is 84.6 Å². The summed E-state index contributed by atoms with van der Waals surface area (Å²) >= 11 is 0. The molecule has 0 spiro atoms. The SMILES string of the molecule is O=C1C(c2ccccc2)N(NCc2ccccn2)CCN1c1ccncn1. The second kappa shape index (κ2) is 8.03. The number of nitrogens with zero attached hydrogens (tertiary/aromatic N) is 5. The molecule has 0 bridgehead atoms. The first-order valence-electron chi connectivity index (χ1n) is 8.85. The summed E-state index contributed by atoms with van der Waals surface area (Å²) < 4.78 is 0. The molecule has 7 heteroatoms. The van der Waals surface area contributed by atoms with Crippen LogP contribution in [0.15, 0.2) is 73.3 Å². The molecule has 0 saturated carbocycles. The molecular weight excluding hydrogens is 340 g/mol. The summed E-state index contributed by atoms with van der Waals surface area (Å²) in [5.74, 6) is 0.611. The molecule has 0 radical (unpaired) electrons. The van der Waals surface area contributed by atoms with Crippen molar-refractivity contribution in [2.24, 2.45) is 0 Å². The van der Waals surface area contributed by atoms with Gasteiger partial charge in [-0.3, -0.25) is 14.7 Å². The number of anilines is 1. The van der Waals surface area contributed by atoms with Crippen LogP contribution >= 0.6 is 0 Å². The second-order valence-electron chi connectivity index (χ2n) is 6.22. The Bertz CT molecular complexity index is 875. The topological polar surface area (TPSA) is 74.2 Å². The van der Waals surface area contributed by atoms with Crippen molar-refractivity contribution in [1.29, 1.82) is 0 Å². The number of hydrazine groups is 1. The Kier molecular flexibility index (Phi) is 5.13. The fourth-order valence-corrected chi connectivity index (χ4v) is 3.21. The molecule has 1 atom stereocenters. The lowest BCUT2D eigenvalue weighted by Gasteiger charge is -2.40. The Morgan fingerprint density at radius 2 is 1.81 bits per heavy atom. The van der Waals surface area contributed by atoms with Crippen LogP contribution in [0.2, 0.25) is 0 Å². The predicted octanol–water partition coefficient (Wildman–Crippen LogP) is 1.97. The molecule has 1 fully saturated rings. The first-order valence-corrected chi connectivity index (χ1v) is 8.85. The number of rotatable bonds is 5. The van der Waals surface area contributed by atoms with E-state index in [4.69, 9.17) is 0 Å². The molecule has 1 amide bonds. The summed E-state index contributed by atoms with van der Waals surface area (Å²) in [5.41, 5.74) is 5.24. The lowest BCUT2D eigenvalue weighted by atomic mass is 10.0. The van der Waals surface area contributed by atoms with Crippen LogP contribution in [0, 0.1) is 0 Å². The van der Waals surface area contributed by atoms with Gasteiger partial charge in [-0.05, 0) is 23.8 Å². The summed E-state index contributed by atoms with van der Waals surface area (Å²) in [6.07, 6.45) is 4.88. The standard InChI is InChI=1S/C20H20N6O/c27-20-19(16-6-2-1-3-7-16)26(24-14-17-8-4-5-10-22-17)13-12-25(20)18-9-11-21-15-23-18/h1-11,15,19,24H,12-14H2. The van der Waals surface area contributed by atoms with Crippen molar-refractivity contribution in [2.75, 3.05) is 18.0 Å². The first kappa shape index (κ1) is 17.3. The van der Waals surface area contributed by atoms with Gasteiger partial charge in [0.1, 0.15) is 18.2 Å². The summed E-state index contributed by atoms with van der Waals surface area (Å²) in [7, 11) is 0. The van der Waals surface area contributed by atoms with Crippen molar-refractivity contribution in [1.82, 2.24) is 25.4 Å². The number of piperazine rings is 1. The lowest BCUT2D eigenvalue weighted by molar-refractivity contribution is -0.128. The number of carbonyl (C=O) groups is 1. The molecule has 1 aromatic carbocycles. The normalized spacial score (nSPS) is 17.9. The molecule has 2 aromatic heterocycles. The van der Waals surface area contributed by atoms with Crippen LogP contribution in [0.4, 0.5) is 5.82 Å². The fourth-order valence-electron chi connectivity index (χ4n) is 3.21. The van der Waals surface area contributed by atoms with Crippen LogP contribution in [0.5, 0.6) is 0 Å². The molecule has 0 aliphatic carbocycles. The van der Waals surface area contributed by atoms with Gasteiger partial charge in [-0.1, -0.05) is 36.4 Å². The highest BCUT2D eigenvalue weighted by Gasteiger charge is 2.37. The van der Waals surface area contributed by atoms with Crippen LogP contribution < -0.4 is 10.3 Å². The molecule has 7 nitrogen and oxygen atoms in total. The minimum absolute atomic E-state index is 0.0142. The highest BCUT2D eigenvalue weighted by Crippen LogP contribution is 2.27. The summed E-state index contributed by atoms with van der Waals surface area (Å²) in [4.78, 5) is 27.6. The van der Waals surface area contributed by atoms with Crippen LogP contribution in [0.1, 0.15) is 17.3 Å². The molecule has 3 aromatic rings. The van der Waals surface area contributed by atoms with Gasteiger partial charge in [0.2, 0.25) is 0 Å². The van der Waals surface area contributed by atoms with E-state index in [-0.39, 0.29) is 5.91 Å². The van der Waals surface area contributed by atoms with Gasteiger partial charge in [-0.15, -0.1) is 0 Å². The molecular formula is C20H20N6O. The molecule has 1 saturated heterocycles. The number of aromatic nitrogens is 3. The molecule has 4 rings (SSSR count). The maximum atomic E-state index is 13.3. The third kappa shape index (κ3) is 3.84. The third-order valence-corrected chi connectivity index (χ3v) is 4.52. The van der Waals surface area contributed by atoms with E-state index in [1.807, 2.05) is 53.5 Å². The van der Waals surface area contributed by atoms with E-state index in [9.17, 15) is 4.79 Å². The largest absolute Gasteiger partial charge is 0.294 e. The number of benzene rings is 1. The van der Waals surface area contributed by atoms with E-state index in [1.54, 1.807) is 23.4 Å². The van der Waals surface area contributed by atoms with E-state index >= 15 is 0 Å². The average molecular weight is 360 g/mol. The summed E-state index contributed by atoms with van der Waals surface area (Å²) in [6, 6.07) is 16.9. The number of hydrogen-bond donors (Lipinski definition) is 1. The molecule has 1 unspecified atom stereocenters. The number of amides is 1. The zero-order valence-corrected chi connectivity index (χ0v) is 14.8. The molecule has 27 heavy (non-hydrogen) atoms. The third-order valence-electron chi connectivity index (χ3n) is 4.52. The van der Waals surface area contributed by atoms with Crippen molar-refractivity contribution in [3.63, 3.8) is 0 Å². The predicted molar refractivity (Wildman–Crippen MR) is 101 cm³/mol. The molecule has 3 heterocycles. The Morgan fingerprint density at radius 3 is 2.56 bits per heavy atom. The van der Waals surface area contributed by atoms with Crippen LogP contribution in [0.3, 0.4) is 0 Å². The molecule has 136 valence electrons. The fraction of sp³-hybridized carbons (Fsp3) is 0.200. The van der Waals surface area contributed by atoms with Crippen LogP contribution in [-0.4, -0.2) is 39.0 Å². The van der Waals surface area contributed by atoms with Crippen LogP contribution in [-0.2, 0) is 11.3 Å². The summed E-state index contributed by atoms with van der Waals surface area (Å²) in [6.45, 7) is 1.78. The van der Waals surface area contributed by atoms with E-state index in [2.05, 4.69) is 20.4 Å². The zero-order valence-electron chi connectivity index (χ0n) is 14.8. The first-order chi connectivity index (χ1) is 13.3. The van der Waals surface area contributed by atoms with Gasteiger partial charge in [-0.25, -0.2) is 20.4 Å². The monoisotopic (exact) mass is 360 g/mol. The highest BCUT2D eigenvalue weighted by molar-refractivity contribution is 5.97. The molecule has 1 aliphatic heterocycles. The quantitative estimate of drug-likeness (QED) is 0.750. The average Bonchev–Trinajstić information content (AvgIpc) is 2.74. The van der Waals surface area contributed by atoms with Crippen LogP contribution in [0.25, 0.3) is 0 Å². The number of nitrogens with one attached hydrogen (secondary N) is 1. The number of hydrogen-bond acceptors (Lipinski definition) is 6. The Morgan fingerprint density at radius 1 is 0.963 bits per heavy atom. The molecule has 1 N–H and O–H groups in total. The number of carbonyl (C=O) groups excluding carboxylic acids is 1. The summed E-state index contributed by atoms with van der Waals surface area (Å²) in [5, 5.41) is 1.99. The highest BCUT2D eigenvalue weighted by atomic mass is 16.2. The van der Waals surface area contributed by atoms with E-state index < -0.39 is 6.04 Å². The van der Waals surface area contributed by atoms with E-state index in [0.717, 1.165) is 11.3 Å². The molecule has 1 aliphatic rings. The Hall–Kier alpha value is -3.16. The van der Waals surface area contributed by atoms with Gasteiger partial charge in [0.15, 0.2) is 0 Å². The zero-order chi connectivity index (χ0) is 18.5. The smallest absolute Gasteiger partial charge is 0.251 e. The maximum absolute atomic E-state index is 13.3. The van der Waals surface area contributed by atoms with Crippen molar-refractivity contribution in [3.8, 4) is 0 Å². The van der Waals surface area contributed by atoms with E-state index in [0.29, 0.717) is 25.5 Å². The minimum Gasteiger partial charge on any atom is -0.294 e. The number of pyridine rings is 1. The Labute approximate surface area is 157 Å². The van der Waals surface area contributed by atoms with Gasteiger partial charge >= 0.3 is 0 Å².